The number of aromatic nitrogens is 2. The molecule has 0 aliphatic rings. The van der Waals surface area contributed by atoms with Gasteiger partial charge in [-0.25, -0.2) is 4.39 Å². The molecular formula is C22H16ClF6N3O. The first-order valence-electron chi connectivity index (χ1n) is 9.57. The normalized spacial score (nSPS) is 12.0. The predicted octanol–water partition coefficient (Wildman–Crippen LogP) is 6.04. The average molecular weight is 488 g/mol. The summed E-state index contributed by atoms with van der Waals surface area (Å²) in [6.45, 7) is 0.105. The number of alkyl halides is 5. The fourth-order valence-electron chi connectivity index (χ4n) is 3.15. The summed E-state index contributed by atoms with van der Waals surface area (Å²) in [4.78, 5) is 19.4. The van der Waals surface area contributed by atoms with Crippen LogP contribution in [0.1, 0.15) is 34.2 Å². The molecule has 1 N–H and O–H groups in total. The number of hydrogen-bond donors (Lipinski definition) is 1. The molecule has 1 aromatic carbocycles. The van der Waals surface area contributed by atoms with Gasteiger partial charge in [0.05, 0.1) is 17.1 Å². The van der Waals surface area contributed by atoms with Crippen LogP contribution in [0.5, 0.6) is 0 Å². The van der Waals surface area contributed by atoms with Gasteiger partial charge in [0.1, 0.15) is 17.2 Å². The molecule has 0 atom stereocenters. The second kappa shape index (κ2) is 9.38. The van der Waals surface area contributed by atoms with Gasteiger partial charge in [-0.05, 0) is 41.8 Å². The van der Waals surface area contributed by atoms with E-state index in [0.717, 1.165) is 18.5 Å². The van der Waals surface area contributed by atoms with Crippen molar-refractivity contribution in [3.05, 3.63) is 82.1 Å². The summed E-state index contributed by atoms with van der Waals surface area (Å²) in [5.74, 6) is -5.69. The largest absolute Gasteiger partial charge is 0.418 e. The molecule has 0 unspecified atom stereocenters. The Balaban J connectivity index is 1.82. The highest BCUT2D eigenvalue weighted by Gasteiger charge is 2.40. The number of pyridine rings is 2. The zero-order valence-corrected chi connectivity index (χ0v) is 17.7. The lowest BCUT2D eigenvalue weighted by Gasteiger charge is -2.19. The second-order valence-electron chi connectivity index (χ2n) is 6.99. The SMILES string of the molecule is CCc1ccnc(C(=O)NCC(F)(F)c2ncc(-c3ccc(F)cc3)cc2Cl)c1C(F)(F)F. The lowest BCUT2D eigenvalue weighted by molar-refractivity contribution is -0.138. The highest BCUT2D eigenvalue weighted by atomic mass is 35.5. The first kappa shape index (κ1) is 24.5. The van der Waals surface area contributed by atoms with Gasteiger partial charge in [0.25, 0.3) is 5.91 Å². The molecule has 1 amide bonds. The summed E-state index contributed by atoms with van der Waals surface area (Å²) in [5.41, 5.74) is -2.50. The topological polar surface area (TPSA) is 54.9 Å². The monoisotopic (exact) mass is 487 g/mol. The molecule has 4 nitrogen and oxygen atoms in total. The molecule has 2 aromatic heterocycles. The Morgan fingerprint density at radius 2 is 1.70 bits per heavy atom. The third kappa shape index (κ3) is 5.44. The molecule has 174 valence electrons. The van der Waals surface area contributed by atoms with E-state index >= 15 is 0 Å². The van der Waals surface area contributed by atoms with Gasteiger partial charge in [-0.3, -0.25) is 14.8 Å². The van der Waals surface area contributed by atoms with Crippen molar-refractivity contribution in [2.24, 2.45) is 0 Å². The number of amides is 1. The van der Waals surface area contributed by atoms with E-state index in [2.05, 4.69) is 9.97 Å². The van der Waals surface area contributed by atoms with Crippen LogP contribution in [0.2, 0.25) is 5.02 Å². The smallest absolute Gasteiger partial charge is 0.344 e. The van der Waals surface area contributed by atoms with E-state index in [0.29, 0.717) is 11.1 Å². The van der Waals surface area contributed by atoms with Crippen LogP contribution >= 0.6 is 11.6 Å². The molecule has 0 spiro atoms. The van der Waals surface area contributed by atoms with Crippen molar-refractivity contribution in [1.82, 2.24) is 15.3 Å². The average Bonchev–Trinajstić information content (AvgIpc) is 2.76. The lowest BCUT2D eigenvalue weighted by atomic mass is 10.0. The van der Waals surface area contributed by atoms with E-state index in [1.807, 2.05) is 0 Å². The van der Waals surface area contributed by atoms with Crippen molar-refractivity contribution >= 4 is 17.5 Å². The van der Waals surface area contributed by atoms with Crippen LogP contribution in [0.4, 0.5) is 26.3 Å². The third-order valence-corrected chi connectivity index (χ3v) is 5.04. The van der Waals surface area contributed by atoms with Gasteiger partial charge in [-0.2, -0.15) is 22.0 Å². The number of rotatable bonds is 6. The summed E-state index contributed by atoms with van der Waals surface area (Å²) in [7, 11) is 0. The lowest BCUT2D eigenvalue weighted by Crippen LogP contribution is -2.37. The van der Waals surface area contributed by atoms with Crippen molar-refractivity contribution in [1.29, 1.82) is 0 Å². The van der Waals surface area contributed by atoms with Crippen LogP contribution in [0.15, 0.2) is 48.8 Å². The Morgan fingerprint density at radius 3 is 2.27 bits per heavy atom. The van der Waals surface area contributed by atoms with E-state index in [1.54, 1.807) is 5.32 Å². The molecule has 33 heavy (non-hydrogen) atoms. The fourth-order valence-corrected chi connectivity index (χ4v) is 3.46. The van der Waals surface area contributed by atoms with Crippen molar-refractivity contribution < 1.29 is 31.1 Å². The maximum Gasteiger partial charge on any atom is 0.418 e. The number of benzene rings is 1. The molecule has 0 fully saturated rings. The van der Waals surface area contributed by atoms with Crippen LogP contribution < -0.4 is 5.32 Å². The Labute approximate surface area is 189 Å². The molecule has 0 saturated heterocycles. The Hall–Kier alpha value is -3.14. The van der Waals surface area contributed by atoms with Crippen molar-refractivity contribution in [2.45, 2.75) is 25.4 Å². The van der Waals surface area contributed by atoms with Crippen LogP contribution in [-0.2, 0) is 18.5 Å². The molecule has 0 aliphatic carbocycles. The molecule has 0 bridgehead atoms. The van der Waals surface area contributed by atoms with Crippen LogP contribution in [0, 0.1) is 5.82 Å². The number of nitrogens with one attached hydrogen (secondary N) is 1. The highest BCUT2D eigenvalue weighted by Crippen LogP contribution is 2.36. The molecule has 3 aromatic rings. The van der Waals surface area contributed by atoms with Gasteiger partial charge < -0.3 is 5.32 Å². The summed E-state index contributed by atoms with van der Waals surface area (Å²) < 4.78 is 82.8. The van der Waals surface area contributed by atoms with Crippen LogP contribution in [-0.4, -0.2) is 22.4 Å². The second-order valence-corrected chi connectivity index (χ2v) is 7.40. The molecule has 0 radical (unpaired) electrons. The van der Waals surface area contributed by atoms with Gasteiger partial charge in [0.2, 0.25) is 0 Å². The number of halogens is 7. The first-order chi connectivity index (χ1) is 15.4. The van der Waals surface area contributed by atoms with E-state index < -0.39 is 52.3 Å². The van der Waals surface area contributed by atoms with Crippen molar-refractivity contribution in [2.75, 3.05) is 6.54 Å². The number of aryl methyl sites for hydroxylation is 1. The third-order valence-electron chi connectivity index (χ3n) is 4.75. The van der Waals surface area contributed by atoms with Gasteiger partial charge in [0, 0.05) is 18.0 Å². The van der Waals surface area contributed by atoms with E-state index in [1.165, 1.54) is 37.3 Å². The number of carbonyl (C=O) groups excluding carboxylic acids is 1. The minimum atomic E-state index is -4.89. The Morgan fingerprint density at radius 1 is 1.03 bits per heavy atom. The summed E-state index contributed by atoms with van der Waals surface area (Å²) in [6.07, 6.45) is -2.82. The zero-order chi connectivity index (χ0) is 24.4. The maximum absolute atomic E-state index is 14.7. The number of nitrogens with zero attached hydrogens (tertiary/aromatic N) is 2. The summed E-state index contributed by atoms with van der Waals surface area (Å²) in [5, 5.41) is 1.36. The van der Waals surface area contributed by atoms with E-state index in [9.17, 15) is 31.1 Å². The minimum Gasteiger partial charge on any atom is -0.344 e. The fraction of sp³-hybridized carbons (Fsp3) is 0.227. The van der Waals surface area contributed by atoms with Gasteiger partial charge in [-0.15, -0.1) is 0 Å². The van der Waals surface area contributed by atoms with Crippen molar-refractivity contribution in [3.8, 4) is 11.1 Å². The van der Waals surface area contributed by atoms with Crippen LogP contribution in [0.3, 0.4) is 0 Å². The summed E-state index contributed by atoms with van der Waals surface area (Å²) >= 11 is 5.96. The van der Waals surface area contributed by atoms with Gasteiger partial charge in [-0.1, -0.05) is 30.7 Å². The standard InChI is InChI=1S/C22H16ClF6N3O/c1-2-12-7-8-30-18(17(12)22(27,28)29)20(33)32-11-21(25,26)19-16(23)9-14(10-31-19)13-3-5-15(24)6-4-13/h3-10H,2,11H2,1H3,(H,32,33). The quantitative estimate of drug-likeness (QED) is 0.431. The van der Waals surface area contributed by atoms with E-state index in [-0.39, 0.29) is 12.0 Å². The molecule has 11 heteroatoms. The Bertz CT molecular complexity index is 1170. The molecular weight excluding hydrogens is 472 g/mol. The van der Waals surface area contributed by atoms with Crippen molar-refractivity contribution in [3.63, 3.8) is 0 Å². The molecule has 0 saturated carbocycles. The van der Waals surface area contributed by atoms with E-state index in [4.69, 9.17) is 11.6 Å². The number of carbonyl (C=O) groups is 1. The predicted molar refractivity (Wildman–Crippen MR) is 109 cm³/mol. The Kier molecular flexibility index (Phi) is 6.97. The molecule has 2 heterocycles. The maximum atomic E-state index is 14.7. The summed E-state index contributed by atoms with van der Waals surface area (Å²) in [6, 6.07) is 7.49. The minimum absolute atomic E-state index is 0.0340. The van der Waals surface area contributed by atoms with Gasteiger partial charge in [0.15, 0.2) is 0 Å². The van der Waals surface area contributed by atoms with Gasteiger partial charge >= 0.3 is 12.1 Å². The highest BCUT2D eigenvalue weighted by molar-refractivity contribution is 6.31. The zero-order valence-electron chi connectivity index (χ0n) is 17.0. The van der Waals surface area contributed by atoms with Crippen LogP contribution in [0.25, 0.3) is 11.1 Å². The number of hydrogen-bond acceptors (Lipinski definition) is 3. The molecule has 3 rings (SSSR count). The molecule has 0 aliphatic heterocycles. The first-order valence-corrected chi connectivity index (χ1v) is 9.95.